The number of fused-ring (bicyclic) bond motifs is 2. The molecule has 0 saturated heterocycles. The molecule has 4 aromatic rings. The Labute approximate surface area is 204 Å². The molecule has 1 aromatic heterocycles. The van der Waals surface area contributed by atoms with Gasteiger partial charge in [0.1, 0.15) is 18.2 Å². The van der Waals surface area contributed by atoms with Crippen molar-refractivity contribution >= 4 is 40.1 Å². The molecule has 0 spiro atoms. The lowest BCUT2D eigenvalue weighted by molar-refractivity contribution is 0.0502. The number of allylic oxidation sites excluding steroid dienone is 1. The van der Waals surface area contributed by atoms with Crippen LogP contribution in [-0.4, -0.2) is 39.5 Å². The van der Waals surface area contributed by atoms with E-state index in [1.165, 1.54) is 18.2 Å². The summed E-state index contributed by atoms with van der Waals surface area (Å²) in [5.41, 5.74) is 2.64. The summed E-state index contributed by atoms with van der Waals surface area (Å²) in [6, 6.07) is 20.1. The summed E-state index contributed by atoms with van der Waals surface area (Å²) in [7, 11) is 0. The zero-order valence-electron chi connectivity index (χ0n) is 19.0. The Bertz CT molecular complexity index is 1610. The molecule has 3 aromatic carbocycles. The molecule has 9 nitrogen and oxygen atoms in total. The van der Waals surface area contributed by atoms with Gasteiger partial charge in [-0.05, 0) is 48.9 Å². The zero-order valence-corrected chi connectivity index (χ0v) is 19.0. The number of amides is 2. The molecule has 0 radical (unpaired) electrons. The number of para-hydroxylation sites is 3. The predicted octanol–water partition coefficient (Wildman–Crippen LogP) is 4.32. The van der Waals surface area contributed by atoms with Crippen molar-refractivity contribution in [1.29, 1.82) is 5.26 Å². The number of imide groups is 1. The van der Waals surface area contributed by atoms with Crippen molar-refractivity contribution in [3.63, 3.8) is 0 Å². The zero-order chi connectivity index (χ0) is 25.4. The number of aromatic nitrogens is 2. The monoisotopic (exact) mass is 478 g/mol. The van der Waals surface area contributed by atoms with E-state index in [9.17, 15) is 24.8 Å². The Morgan fingerprint density at radius 3 is 2.53 bits per heavy atom. The van der Waals surface area contributed by atoms with Gasteiger partial charge in [0, 0.05) is 0 Å². The highest BCUT2D eigenvalue weighted by Gasteiger charge is 2.37. The number of ether oxygens (including phenoxy) is 1. The summed E-state index contributed by atoms with van der Waals surface area (Å²) in [5.74, 6) is -2.19. The quantitative estimate of drug-likeness (QED) is 0.189. The van der Waals surface area contributed by atoms with E-state index in [4.69, 9.17) is 4.74 Å². The van der Waals surface area contributed by atoms with E-state index in [1.807, 2.05) is 6.07 Å². The topological polar surface area (TPSA) is 136 Å². The first-order valence-electron chi connectivity index (χ1n) is 10.9. The second kappa shape index (κ2) is 8.85. The second-order valence-corrected chi connectivity index (χ2v) is 8.10. The van der Waals surface area contributed by atoms with Crippen LogP contribution < -0.4 is 4.90 Å². The van der Waals surface area contributed by atoms with E-state index in [2.05, 4.69) is 9.97 Å². The molecule has 0 aliphatic carbocycles. The van der Waals surface area contributed by atoms with Crippen LogP contribution in [0.1, 0.15) is 42.5 Å². The number of aromatic amines is 1. The van der Waals surface area contributed by atoms with E-state index in [-0.39, 0.29) is 28.1 Å². The number of hydrogen-bond acceptors (Lipinski definition) is 7. The number of nitrogens with zero attached hydrogens (tertiary/aromatic N) is 3. The molecule has 2 N–H and O–H groups in total. The minimum absolute atomic E-state index is 0.0246. The number of aliphatic hydroxyl groups is 1. The number of carbonyl (C=O) groups excluding carboxylic acids is 3. The minimum Gasteiger partial charge on any atom is -0.507 e. The highest BCUT2D eigenvalue weighted by atomic mass is 16.5. The third kappa shape index (κ3) is 3.76. The Kier molecular flexibility index (Phi) is 5.54. The number of hydrogen-bond donors (Lipinski definition) is 2. The molecule has 0 unspecified atom stereocenters. The van der Waals surface area contributed by atoms with Crippen LogP contribution in [0.2, 0.25) is 0 Å². The van der Waals surface area contributed by atoms with Crippen LogP contribution in [0, 0.1) is 18.3 Å². The summed E-state index contributed by atoms with van der Waals surface area (Å²) >= 11 is 0. The molecule has 36 heavy (non-hydrogen) atoms. The average Bonchev–Trinajstić information content (AvgIpc) is 3.42. The SMILES string of the molecule is Cc1ccccc1N1C(=O)c2ccc(C(=O)OC/C(O)=C(\C#N)c3nc4ccccc4[nH]3)cc2C1=O. The van der Waals surface area contributed by atoms with Crippen molar-refractivity contribution in [3.8, 4) is 6.07 Å². The van der Waals surface area contributed by atoms with E-state index in [1.54, 1.807) is 55.5 Å². The molecular weight excluding hydrogens is 460 g/mol. The Hall–Kier alpha value is -5.23. The second-order valence-electron chi connectivity index (χ2n) is 8.10. The van der Waals surface area contributed by atoms with Crippen LogP contribution in [0.3, 0.4) is 0 Å². The Morgan fingerprint density at radius 2 is 1.78 bits per heavy atom. The number of imidazole rings is 1. The van der Waals surface area contributed by atoms with Crippen molar-refractivity contribution in [1.82, 2.24) is 9.97 Å². The lowest BCUT2D eigenvalue weighted by Crippen LogP contribution is -2.29. The van der Waals surface area contributed by atoms with Gasteiger partial charge in [-0.25, -0.2) is 14.7 Å². The summed E-state index contributed by atoms with van der Waals surface area (Å²) in [6.07, 6.45) is 0. The molecule has 0 fully saturated rings. The number of aliphatic hydroxyl groups excluding tert-OH is 1. The minimum atomic E-state index is -0.833. The lowest BCUT2D eigenvalue weighted by atomic mass is 10.1. The van der Waals surface area contributed by atoms with Crippen LogP contribution in [-0.2, 0) is 4.74 Å². The van der Waals surface area contributed by atoms with Crippen LogP contribution in [0.15, 0.2) is 72.5 Å². The predicted molar refractivity (Wildman–Crippen MR) is 130 cm³/mol. The first-order chi connectivity index (χ1) is 17.4. The first kappa shape index (κ1) is 22.6. The summed E-state index contributed by atoms with van der Waals surface area (Å²) < 4.78 is 5.17. The molecule has 0 atom stereocenters. The van der Waals surface area contributed by atoms with Gasteiger partial charge >= 0.3 is 5.97 Å². The highest BCUT2D eigenvalue weighted by Crippen LogP contribution is 2.31. The van der Waals surface area contributed by atoms with Gasteiger partial charge in [-0.3, -0.25) is 9.59 Å². The number of rotatable bonds is 5. The molecule has 0 saturated carbocycles. The number of nitrogens with one attached hydrogen (secondary N) is 1. The molecule has 2 heterocycles. The summed E-state index contributed by atoms with van der Waals surface area (Å²) in [6.45, 7) is 1.21. The van der Waals surface area contributed by atoms with E-state index in [0.717, 1.165) is 10.5 Å². The smallest absolute Gasteiger partial charge is 0.338 e. The summed E-state index contributed by atoms with van der Waals surface area (Å²) in [5, 5.41) is 19.9. The fourth-order valence-corrected chi connectivity index (χ4v) is 4.02. The van der Waals surface area contributed by atoms with Crippen molar-refractivity contribution < 1.29 is 24.2 Å². The lowest BCUT2D eigenvalue weighted by Gasteiger charge is -2.16. The van der Waals surface area contributed by atoms with Crippen LogP contribution in [0.25, 0.3) is 16.6 Å². The maximum Gasteiger partial charge on any atom is 0.338 e. The van der Waals surface area contributed by atoms with Gasteiger partial charge in [-0.2, -0.15) is 5.26 Å². The summed E-state index contributed by atoms with van der Waals surface area (Å²) in [4.78, 5) is 46.8. The van der Waals surface area contributed by atoms with Gasteiger partial charge in [0.25, 0.3) is 11.8 Å². The van der Waals surface area contributed by atoms with Crippen molar-refractivity contribution in [2.45, 2.75) is 6.92 Å². The van der Waals surface area contributed by atoms with E-state index in [0.29, 0.717) is 16.7 Å². The first-order valence-corrected chi connectivity index (χ1v) is 10.9. The number of aryl methyl sites for hydroxylation is 1. The molecule has 1 aliphatic rings. The van der Waals surface area contributed by atoms with Gasteiger partial charge in [0.2, 0.25) is 0 Å². The Morgan fingerprint density at radius 1 is 1.06 bits per heavy atom. The Balaban J connectivity index is 1.36. The van der Waals surface area contributed by atoms with Crippen molar-refractivity contribution in [2.24, 2.45) is 0 Å². The van der Waals surface area contributed by atoms with E-state index >= 15 is 0 Å². The number of benzene rings is 3. The number of nitriles is 1. The molecule has 9 heteroatoms. The standard InChI is InChI=1S/C27H18N4O5/c1-15-6-2-5-9-22(15)31-25(33)17-11-10-16(12-18(17)26(31)34)27(35)36-14-23(32)19(13-28)24-29-20-7-3-4-8-21(20)30-24/h2-12,32H,14H2,1H3,(H,29,30)/b23-19-. The maximum absolute atomic E-state index is 13.0. The molecule has 176 valence electrons. The normalized spacial score (nSPS) is 13.4. The van der Waals surface area contributed by atoms with Gasteiger partial charge in [-0.1, -0.05) is 30.3 Å². The van der Waals surface area contributed by atoms with Crippen molar-refractivity contribution in [2.75, 3.05) is 11.5 Å². The molecule has 2 amide bonds. The van der Waals surface area contributed by atoms with Crippen molar-refractivity contribution in [3.05, 3.63) is 101 Å². The molecule has 0 bridgehead atoms. The number of esters is 1. The van der Waals surface area contributed by atoms with Gasteiger partial charge < -0.3 is 14.8 Å². The molecular formula is C27H18N4O5. The third-order valence-corrected chi connectivity index (χ3v) is 5.85. The third-order valence-electron chi connectivity index (χ3n) is 5.85. The van der Waals surface area contributed by atoms with Crippen LogP contribution in [0.5, 0.6) is 0 Å². The number of carbonyl (C=O) groups is 3. The largest absolute Gasteiger partial charge is 0.507 e. The number of anilines is 1. The fourth-order valence-electron chi connectivity index (χ4n) is 4.02. The molecule has 5 rings (SSSR count). The van der Waals surface area contributed by atoms with Gasteiger partial charge in [0.05, 0.1) is 33.4 Å². The highest BCUT2D eigenvalue weighted by molar-refractivity contribution is 6.34. The van der Waals surface area contributed by atoms with E-state index < -0.39 is 30.1 Å². The van der Waals surface area contributed by atoms with Crippen LogP contribution in [0.4, 0.5) is 5.69 Å². The van der Waals surface area contributed by atoms with Gasteiger partial charge in [0.15, 0.2) is 11.6 Å². The fraction of sp³-hybridized carbons (Fsp3) is 0.0741. The average molecular weight is 478 g/mol. The number of H-pyrrole nitrogens is 1. The van der Waals surface area contributed by atoms with Gasteiger partial charge in [-0.15, -0.1) is 0 Å². The van der Waals surface area contributed by atoms with Crippen LogP contribution >= 0.6 is 0 Å². The maximum atomic E-state index is 13.0. The molecule has 1 aliphatic heterocycles.